The summed E-state index contributed by atoms with van der Waals surface area (Å²) in [6.07, 6.45) is 4.73. The molecule has 0 saturated carbocycles. The second-order valence-corrected chi connectivity index (χ2v) is 5.59. The third-order valence-electron chi connectivity index (χ3n) is 3.41. The van der Waals surface area contributed by atoms with Crippen molar-refractivity contribution in [3.8, 4) is 0 Å². The molecule has 0 N–H and O–H groups in total. The number of hydrogen-bond acceptors (Lipinski definition) is 2. The molecule has 2 heterocycles. The van der Waals surface area contributed by atoms with Gasteiger partial charge < -0.3 is 0 Å². The van der Waals surface area contributed by atoms with Crippen LogP contribution >= 0.6 is 11.3 Å². The summed E-state index contributed by atoms with van der Waals surface area (Å²) in [7, 11) is 0. The van der Waals surface area contributed by atoms with E-state index in [4.69, 9.17) is 0 Å². The molecule has 18 heavy (non-hydrogen) atoms. The van der Waals surface area contributed by atoms with Crippen molar-refractivity contribution < 1.29 is 0 Å². The van der Waals surface area contributed by atoms with E-state index in [2.05, 4.69) is 42.4 Å². The lowest BCUT2D eigenvalue weighted by Crippen LogP contribution is -1.93. The minimum Gasteiger partial charge on any atom is -0.264 e. The molecule has 0 fully saturated rings. The molecule has 3 aromatic rings. The van der Waals surface area contributed by atoms with Gasteiger partial charge in [-0.15, -0.1) is 11.3 Å². The van der Waals surface area contributed by atoms with Gasteiger partial charge in [-0.1, -0.05) is 12.1 Å². The number of aromatic nitrogens is 1. The minimum absolute atomic E-state index is 0.963. The summed E-state index contributed by atoms with van der Waals surface area (Å²) in [5.41, 5.74) is 5.47. The molecule has 0 saturated heterocycles. The highest BCUT2D eigenvalue weighted by Gasteiger charge is 2.08. The highest BCUT2D eigenvalue weighted by molar-refractivity contribution is 7.17. The lowest BCUT2D eigenvalue weighted by atomic mass is 9.97. The van der Waals surface area contributed by atoms with Crippen molar-refractivity contribution in [3.05, 3.63) is 64.3 Å². The highest BCUT2D eigenvalue weighted by atomic mass is 32.1. The Kier molecular flexibility index (Phi) is 2.88. The topological polar surface area (TPSA) is 12.9 Å². The first-order chi connectivity index (χ1) is 8.75. The van der Waals surface area contributed by atoms with Crippen LogP contribution in [0.5, 0.6) is 0 Å². The maximum Gasteiger partial charge on any atom is 0.0348 e. The van der Waals surface area contributed by atoms with Crippen molar-refractivity contribution in [2.75, 3.05) is 0 Å². The van der Waals surface area contributed by atoms with Crippen LogP contribution in [0.15, 0.2) is 42.0 Å². The van der Waals surface area contributed by atoms with E-state index in [0.29, 0.717) is 0 Å². The first kappa shape index (κ1) is 11.4. The van der Waals surface area contributed by atoms with Crippen LogP contribution in [0, 0.1) is 13.8 Å². The predicted molar refractivity (Wildman–Crippen MR) is 78.3 cm³/mol. The van der Waals surface area contributed by atoms with Crippen LogP contribution in [-0.2, 0) is 6.42 Å². The maximum atomic E-state index is 4.18. The van der Waals surface area contributed by atoms with Gasteiger partial charge in [0.15, 0.2) is 0 Å². The molecule has 90 valence electrons. The highest BCUT2D eigenvalue weighted by Crippen LogP contribution is 2.31. The smallest absolute Gasteiger partial charge is 0.0348 e. The van der Waals surface area contributed by atoms with Gasteiger partial charge in [0, 0.05) is 17.1 Å². The second kappa shape index (κ2) is 4.54. The zero-order chi connectivity index (χ0) is 12.5. The zero-order valence-electron chi connectivity index (χ0n) is 10.6. The van der Waals surface area contributed by atoms with Gasteiger partial charge in [0.25, 0.3) is 0 Å². The van der Waals surface area contributed by atoms with Crippen molar-refractivity contribution in [2.45, 2.75) is 20.3 Å². The monoisotopic (exact) mass is 253 g/mol. The fourth-order valence-corrected chi connectivity index (χ4v) is 3.44. The molecule has 0 aliphatic heterocycles. The summed E-state index contributed by atoms with van der Waals surface area (Å²) >= 11 is 1.83. The molecule has 0 amide bonds. The van der Waals surface area contributed by atoms with E-state index in [1.54, 1.807) is 0 Å². The molecule has 0 radical (unpaired) electrons. The molecule has 2 heteroatoms. The van der Waals surface area contributed by atoms with E-state index in [1.165, 1.54) is 32.3 Å². The molecule has 0 aliphatic carbocycles. The molecule has 0 spiro atoms. The number of thiophene rings is 1. The molecule has 1 nitrogen and oxygen atoms in total. The first-order valence-corrected chi connectivity index (χ1v) is 6.99. The van der Waals surface area contributed by atoms with Crippen molar-refractivity contribution in [1.29, 1.82) is 0 Å². The van der Waals surface area contributed by atoms with Gasteiger partial charge in [0.2, 0.25) is 0 Å². The normalized spacial score (nSPS) is 11.0. The molecule has 0 bridgehead atoms. The Hall–Kier alpha value is -1.67. The molecule has 0 aliphatic rings. The Morgan fingerprint density at radius 3 is 2.83 bits per heavy atom. The lowest BCUT2D eigenvalue weighted by Gasteiger charge is -2.08. The number of nitrogens with zero attached hydrogens (tertiary/aromatic N) is 1. The SMILES string of the molecule is Cc1csc2ccc(Cc3cccnc3)c(C)c12. The van der Waals surface area contributed by atoms with Crippen LogP contribution in [0.2, 0.25) is 0 Å². The van der Waals surface area contributed by atoms with Gasteiger partial charge in [0.1, 0.15) is 0 Å². The third-order valence-corrected chi connectivity index (χ3v) is 4.48. The van der Waals surface area contributed by atoms with Crippen molar-refractivity contribution in [3.63, 3.8) is 0 Å². The Labute approximate surface area is 111 Å². The van der Waals surface area contributed by atoms with E-state index in [1.807, 2.05) is 29.8 Å². The quantitative estimate of drug-likeness (QED) is 0.655. The number of rotatable bonds is 2. The Morgan fingerprint density at radius 1 is 1.17 bits per heavy atom. The molecular formula is C16H15NS. The molecule has 2 aromatic heterocycles. The van der Waals surface area contributed by atoms with Gasteiger partial charge in [-0.25, -0.2) is 0 Å². The number of pyridine rings is 1. The average Bonchev–Trinajstić information content (AvgIpc) is 2.77. The molecule has 0 atom stereocenters. The van der Waals surface area contributed by atoms with E-state index < -0.39 is 0 Å². The Morgan fingerprint density at radius 2 is 2.06 bits per heavy atom. The number of hydrogen-bond donors (Lipinski definition) is 0. The van der Waals surface area contributed by atoms with Crippen LogP contribution in [0.1, 0.15) is 22.3 Å². The van der Waals surface area contributed by atoms with Crippen LogP contribution < -0.4 is 0 Å². The van der Waals surface area contributed by atoms with E-state index >= 15 is 0 Å². The van der Waals surface area contributed by atoms with Gasteiger partial charge in [-0.2, -0.15) is 0 Å². The maximum absolute atomic E-state index is 4.18. The predicted octanol–water partition coefficient (Wildman–Crippen LogP) is 4.50. The molecule has 1 aromatic carbocycles. The molecule has 3 rings (SSSR count). The Bertz CT molecular complexity index is 683. The van der Waals surface area contributed by atoms with Crippen molar-refractivity contribution in [2.24, 2.45) is 0 Å². The standard InChI is InChI=1S/C16H15NS/c1-11-10-18-15-6-5-14(12(2)16(11)15)8-13-4-3-7-17-9-13/h3-7,9-10H,8H2,1-2H3. The summed E-state index contributed by atoms with van der Waals surface area (Å²) in [4.78, 5) is 4.18. The number of benzene rings is 1. The third kappa shape index (κ3) is 1.93. The van der Waals surface area contributed by atoms with Crippen molar-refractivity contribution >= 4 is 21.4 Å². The van der Waals surface area contributed by atoms with Gasteiger partial charge in [-0.05, 0) is 65.4 Å². The minimum atomic E-state index is 0.963. The van der Waals surface area contributed by atoms with Crippen LogP contribution in [-0.4, -0.2) is 4.98 Å². The largest absolute Gasteiger partial charge is 0.264 e. The number of aryl methyl sites for hydroxylation is 2. The van der Waals surface area contributed by atoms with Crippen LogP contribution in [0.4, 0.5) is 0 Å². The summed E-state index contributed by atoms with van der Waals surface area (Å²) in [5.74, 6) is 0. The lowest BCUT2D eigenvalue weighted by molar-refractivity contribution is 1.13. The van der Waals surface area contributed by atoms with Crippen LogP contribution in [0.25, 0.3) is 10.1 Å². The average molecular weight is 253 g/mol. The van der Waals surface area contributed by atoms with E-state index in [0.717, 1.165) is 6.42 Å². The van der Waals surface area contributed by atoms with Crippen LogP contribution in [0.3, 0.4) is 0 Å². The molecule has 0 unspecified atom stereocenters. The summed E-state index contributed by atoms with van der Waals surface area (Å²) in [6, 6.07) is 8.63. The summed E-state index contributed by atoms with van der Waals surface area (Å²) in [6.45, 7) is 4.42. The Balaban J connectivity index is 2.07. The van der Waals surface area contributed by atoms with Gasteiger partial charge in [0.05, 0.1) is 0 Å². The van der Waals surface area contributed by atoms with Crippen molar-refractivity contribution in [1.82, 2.24) is 4.98 Å². The first-order valence-electron chi connectivity index (χ1n) is 6.11. The van der Waals surface area contributed by atoms with Gasteiger partial charge in [-0.3, -0.25) is 4.98 Å². The molecular weight excluding hydrogens is 238 g/mol. The van der Waals surface area contributed by atoms with E-state index in [-0.39, 0.29) is 0 Å². The fraction of sp³-hybridized carbons (Fsp3) is 0.188. The summed E-state index contributed by atoms with van der Waals surface area (Å²) in [5, 5.41) is 3.67. The van der Waals surface area contributed by atoms with Gasteiger partial charge >= 0.3 is 0 Å². The van der Waals surface area contributed by atoms with E-state index in [9.17, 15) is 0 Å². The summed E-state index contributed by atoms with van der Waals surface area (Å²) < 4.78 is 1.39. The number of fused-ring (bicyclic) bond motifs is 1. The zero-order valence-corrected chi connectivity index (χ0v) is 11.4. The fourth-order valence-electron chi connectivity index (χ4n) is 2.44. The second-order valence-electron chi connectivity index (χ2n) is 4.68.